The minimum absolute atomic E-state index is 0.0433. The number of carbonyl (C=O) groups excluding carboxylic acids is 1. The van der Waals surface area contributed by atoms with Crippen LogP contribution in [0.15, 0.2) is 6.07 Å². The van der Waals surface area contributed by atoms with Crippen LogP contribution in [0.5, 0.6) is 0 Å². The van der Waals surface area contributed by atoms with Crippen molar-refractivity contribution < 1.29 is 14.7 Å². The molecule has 1 aliphatic carbocycles. The van der Waals surface area contributed by atoms with Crippen molar-refractivity contribution in [1.29, 1.82) is 0 Å². The number of nitrogens with one attached hydrogen (secondary N) is 1. The zero-order valence-electron chi connectivity index (χ0n) is 10.4. The van der Waals surface area contributed by atoms with Crippen LogP contribution in [-0.2, 0) is 17.6 Å². The lowest BCUT2D eigenvalue weighted by atomic mass is 10.1. The molecule has 1 heterocycles. The van der Waals surface area contributed by atoms with Crippen molar-refractivity contribution in [2.24, 2.45) is 5.92 Å². The molecule has 18 heavy (non-hydrogen) atoms. The number of hydrogen-bond acceptors (Lipinski definition) is 3. The first-order valence-electron chi connectivity index (χ1n) is 6.18. The summed E-state index contributed by atoms with van der Waals surface area (Å²) >= 11 is 1.57. The van der Waals surface area contributed by atoms with E-state index in [9.17, 15) is 9.59 Å². The molecule has 1 amide bonds. The van der Waals surface area contributed by atoms with Crippen LogP contribution in [0, 0.1) is 5.92 Å². The Morgan fingerprint density at radius 1 is 1.50 bits per heavy atom. The summed E-state index contributed by atoms with van der Waals surface area (Å²) in [7, 11) is 0. The second-order valence-corrected chi connectivity index (χ2v) is 5.96. The molecular weight excluding hydrogens is 250 g/mol. The fourth-order valence-electron chi connectivity index (χ4n) is 2.17. The number of hydrogen-bond donors (Lipinski definition) is 2. The number of aryl methyl sites for hydroxylation is 2. The van der Waals surface area contributed by atoms with Crippen molar-refractivity contribution in [1.82, 2.24) is 5.32 Å². The zero-order valence-corrected chi connectivity index (χ0v) is 11.2. The minimum Gasteiger partial charge on any atom is -0.481 e. The molecule has 0 aromatic carbocycles. The van der Waals surface area contributed by atoms with E-state index in [0.29, 0.717) is 6.54 Å². The maximum absolute atomic E-state index is 11.9. The zero-order chi connectivity index (χ0) is 13.1. The standard InChI is InChI=1S/C13H17NO3S/c1-8(5-12(15)16)7-14-13(17)11-6-9-3-2-4-10(9)18-11/h6,8H,2-5,7H2,1H3,(H,14,17)(H,15,16). The molecule has 0 saturated heterocycles. The molecule has 0 radical (unpaired) electrons. The van der Waals surface area contributed by atoms with Crippen molar-refractivity contribution in [2.45, 2.75) is 32.6 Å². The maximum Gasteiger partial charge on any atom is 0.303 e. The first kappa shape index (κ1) is 13.1. The highest BCUT2D eigenvalue weighted by Gasteiger charge is 2.18. The number of carboxylic acid groups (broad SMARTS) is 1. The fraction of sp³-hybridized carbons (Fsp3) is 0.538. The summed E-state index contributed by atoms with van der Waals surface area (Å²) in [4.78, 5) is 24.5. The number of carboxylic acids is 1. The van der Waals surface area contributed by atoms with Gasteiger partial charge in [-0.15, -0.1) is 11.3 Å². The Labute approximate surface area is 110 Å². The first-order chi connectivity index (χ1) is 8.56. The van der Waals surface area contributed by atoms with Gasteiger partial charge < -0.3 is 10.4 Å². The average molecular weight is 267 g/mol. The van der Waals surface area contributed by atoms with Gasteiger partial charge in [-0.3, -0.25) is 9.59 Å². The molecule has 5 heteroatoms. The fourth-order valence-corrected chi connectivity index (χ4v) is 3.34. The van der Waals surface area contributed by atoms with Crippen LogP contribution in [0.3, 0.4) is 0 Å². The van der Waals surface area contributed by atoms with Gasteiger partial charge >= 0.3 is 5.97 Å². The predicted molar refractivity (Wildman–Crippen MR) is 70.1 cm³/mol. The van der Waals surface area contributed by atoms with Crippen molar-refractivity contribution in [2.75, 3.05) is 6.54 Å². The highest BCUT2D eigenvalue weighted by molar-refractivity contribution is 7.14. The number of carbonyl (C=O) groups is 2. The van der Waals surface area contributed by atoms with Crippen molar-refractivity contribution in [3.05, 3.63) is 21.4 Å². The van der Waals surface area contributed by atoms with Crippen molar-refractivity contribution >= 4 is 23.2 Å². The van der Waals surface area contributed by atoms with Gasteiger partial charge in [0.2, 0.25) is 0 Å². The third kappa shape index (κ3) is 3.10. The number of aliphatic carboxylic acids is 1. The van der Waals surface area contributed by atoms with Crippen LogP contribution >= 0.6 is 11.3 Å². The van der Waals surface area contributed by atoms with Crippen LogP contribution in [0.25, 0.3) is 0 Å². The number of rotatable bonds is 5. The topological polar surface area (TPSA) is 66.4 Å². The van der Waals surface area contributed by atoms with E-state index in [1.54, 1.807) is 11.3 Å². The van der Waals surface area contributed by atoms with Crippen molar-refractivity contribution in [3.8, 4) is 0 Å². The summed E-state index contributed by atoms with van der Waals surface area (Å²) in [6.45, 7) is 2.23. The molecule has 0 fully saturated rings. The second kappa shape index (κ2) is 5.52. The van der Waals surface area contributed by atoms with E-state index in [0.717, 1.165) is 17.7 Å². The summed E-state index contributed by atoms with van der Waals surface area (Å²) in [5.41, 5.74) is 1.31. The molecule has 4 nitrogen and oxygen atoms in total. The van der Waals surface area contributed by atoms with Crippen LogP contribution in [0.4, 0.5) is 0 Å². The molecule has 1 atom stereocenters. The second-order valence-electron chi connectivity index (χ2n) is 4.83. The smallest absolute Gasteiger partial charge is 0.303 e. The molecule has 2 N–H and O–H groups in total. The lowest BCUT2D eigenvalue weighted by Crippen LogP contribution is -2.28. The van der Waals surface area contributed by atoms with Crippen LogP contribution < -0.4 is 5.32 Å². The Morgan fingerprint density at radius 2 is 2.28 bits per heavy atom. The Bertz CT molecular complexity index is 445. The van der Waals surface area contributed by atoms with E-state index in [-0.39, 0.29) is 18.2 Å². The molecule has 1 aromatic rings. The normalized spacial score (nSPS) is 15.2. The average Bonchev–Trinajstić information content (AvgIpc) is 2.84. The summed E-state index contributed by atoms with van der Waals surface area (Å²) in [5.74, 6) is -0.947. The Kier molecular flexibility index (Phi) is 4.01. The third-order valence-corrected chi connectivity index (χ3v) is 4.34. The molecule has 0 aliphatic heterocycles. The Hall–Kier alpha value is -1.36. The summed E-state index contributed by atoms with van der Waals surface area (Å²) in [6, 6.07) is 1.98. The lowest BCUT2D eigenvalue weighted by Gasteiger charge is -2.09. The van der Waals surface area contributed by atoms with Gasteiger partial charge in [0.1, 0.15) is 0 Å². The minimum atomic E-state index is -0.827. The van der Waals surface area contributed by atoms with E-state index in [1.807, 2.05) is 13.0 Å². The monoisotopic (exact) mass is 267 g/mol. The van der Waals surface area contributed by atoms with Gasteiger partial charge in [0.15, 0.2) is 0 Å². The number of thiophene rings is 1. The van der Waals surface area contributed by atoms with Gasteiger partial charge in [0, 0.05) is 17.8 Å². The van der Waals surface area contributed by atoms with Gasteiger partial charge in [-0.1, -0.05) is 6.92 Å². The molecular formula is C13H17NO3S. The predicted octanol–water partition coefficient (Wildman–Crippen LogP) is 2.08. The molecule has 98 valence electrons. The van der Waals surface area contributed by atoms with Gasteiger partial charge in [0.05, 0.1) is 4.88 Å². The maximum atomic E-state index is 11.9. The SMILES string of the molecule is CC(CNC(=O)c1cc2c(s1)CCC2)CC(=O)O. The largest absolute Gasteiger partial charge is 0.481 e. The van der Waals surface area contributed by atoms with Gasteiger partial charge in [-0.05, 0) is 36.8 Å². The Balaban J connectivity index is 1.86. The van der Waals surface area contributed by atoms with Crippen LogP contribution in [0.1, 0.15) is 39.9 Å². The van der Waals surface area contributed by atoms with Gasteiger partial charge in [0.25, 0.3) is 5.91 Å². The molecule has 0 saturated carbocycles. The first-order valence-corrected chi connectivity index (χ1v) is 6.99. The summed E-state index contributed by atoms with van der Waals surface area (Å²) in [5, 5.41) is 11.4. The molecule has 0 bridgehead atoms. The summed E-state index contributed by atoms with van der Waals surface area (Å²) < 4.78 is 0. The molecule has 0 spiro atoms. The van der Waals surface area contributed by atoms with E-state index in [1.165, 1.54) is 16.9 Å². The molecule has 2 rings (SSSR count). The van der Waals surface area contributed by atoms with E-state index in [4.69, 9.17) is 5.11 Å². The van der Waals surface area contributed by atoms with E-state index >= 15 is 0 Å². The van der Waals surface area contributed by atoms with Crippen LogP contribution in [0.2, 0.25) is 0 Å². The van der Waals surface area contributed by atoms with Crippen LogP contribution in [-0.4, -0.2) is 23.5 Å². The van der Waals surface area contributed by atoms with E-state index in [2.05, 4.69) is 5.32 Å². The highest BCUT2D eigenvalue weighted by Crippen LogP contribution is 2.30. The molecule has 1 unspecified atom stereocenters. The lowest BCUT2D eigenvalue weighted by molar-refractivity contribution is -0.137. The summed E-state index contributed by atoms with van der Waals surface area (Å²) in [6.07, 6.45) is 3.44. The van der Waals surface area contributed by atoms with Gasteiger partial charge in [-0.2, -0.15) is 0 Å². The van der Waals surface area contributed by atoms with Crippen molar-refractivity contribution in [3.63, 3.8) is 0 Å². The number of fused-ring (bicyclic) bond motifs is 1. The highest BCUT2D eigenvalue weighted by atomic mass is 32.1. The molecule has 1 aliphatic rings. The quantitative estimate of drug-likeness (QED) is 0.858. The van der Waals surface area contributed by atoms with E-state index < -0.39 is 5.97 Å². The van der Waals surface area contributed by atoms with Gasteiger partial charge in [-0.25, -0.2) is 0 Å². The Morgan fingerprint density at radius 3 is 2.94 bits per heavy atom. The number of amides is 1. The third-order valence-electron chi connectivity index (χ3n) is 3.10. The molecule has 1 aromatic heterocycles.